The van der Waals surface area contributed by atoms with Crippen LogP contribution in [0.1, 0.15) is 52.7 Å². The van der Waals surface area contributed by atoms with Gasteiger partial charge in [-0.3, -0.25) is 9.13 Å². The minimum Gasteiger partial charge on any atom is -0.511 e. The van der Waals surface area contributed by atoms with Crippen molar-refractivity contribution in [1.29, 1.82) is 0 Å². The fraction of sp³-hybridized carbons (Fsp3) is 0.182. The maximum atomic E-state index is 11.8. The van der Waals surface area contributed by atoms with E-state index in [1.165, 1.54) is 0 Å². The molecule has 1 N–H and O–H groups in total. The summed E-state index contributed by atoms with van der Waals surface area (Å²) in [5.41, 5.74) is 10.2. The Bertz CT molecular complexity index is 2490. The molecular formula is C44H39N4OPt+. The van der Waals surface area contributed by atoms with Gasteiger partial charge in [-0.15, -0.1) is 29.8 Å². The van der Waals surface area contributed by atoms with Gasteiger partial charge in [0.1, 0.15) is 17.1 Å². The molecule has 3 heterocycles. The zero-order chi connectivity index (χ0) is 34.1. The van der Waals surface area contributed by atoms with Crippen LogP contribution in [0, 0.1) is 12.4 Å². The molecule has 0 bridgehead atoms. The molecule has 0 unspecified atom stereocenters. The Morgan fingerprint density at radius 2 is 1.40 bits per heavy atom. The quantitative estimate of drug-likeness (QED) is 0.142. The molecule has 250 valence electrons. The number of nitrogens with zero attached hydrogens (tertiary/aromatic N) is 4. The van der Waals surface area contributed by atoms with Crippen molar-refractivity contribution in [1.82, 2.24) is 14.1 Å². The second-order valence-corrected chi connectivity index (χ2v) is 14.8. The van der Waals surface area contributed by atoms with Crippen LogP contribution in [0.2, 0.25) is 0 Å². The number of aromatic nitrogens is 4. The third-order valence-corrected chi connectivity index (χ3v) is 9.46. The van der Waals surface area contributed by atoms with Crippen LogP contribution in [0.25, 0.3) is 61.2 Å². The molecule has 5 nitrogen and oxygen atoms in total. The molecule has 0 saturated carbocycles. The Hall–Kier alpha value is -4.99. The Balaban J connectivity index is 0.00000392. The van der Waals surface area contributed by atoms with Gasteiger partial charge in [0.15, 0.2) is 0 Å². The molecule has 50 heavy (non-hydrogen) atoms. The Labute approximate surface area is 307 Å². The van der Waals surface area contributed by atoms with Gasteiger partial charge in [0.25, 0.3) is 6.33 Å². The number of pyridine rings is 1. The van der Waals surface area contributed by atoms with E-state index in [9.17, 15) is 5.11 Å². The zero-order valence-electron chi connectivity index (χ0n) is 29.1. The summed E-state index contributed by atoms with van der Waals surface area (Å²) >= 11 is 0. The number of hydrogen-bond acceptors (Lipinski definition) is 2. The predicted molar refractivity (Wildman–Crippen MR) is 199 cm³/mol. The number of fused-ring (bicyclic) bond motifs is 4. The normalized spacial score (nSPS) is 12.1. The van der Waals surface area contributed by atoms with Gasteiger partial charge in [-0.2, -0.15) is 0 Å². The fourth-order valence-corrected chi connectivity index (χ4v) is 6.89. The molecule has 8 aromatic rings. The number of benzene rings is 5. The van der Waals surface area contributed by atoms with Crippen LogP contribution in [0.15, 0.2) is 121 Å². The minimum absolute atomic E-state index is 0. The Morgan fingerprint density at radius 3 is 2.18 bits per heavy atom. The average Bonchev–Trinajstić information content (AvgIpc) is 3.64. The molecule has 0 amide bonds. The molecule has 0 aliphatic heterocycles. The number of phenolic OH excluding ortho intramolecular Hbond substituents is 1. The average molecular weight is 835 g/mol. The van der Waals surface area contributed by atoms with Crippen molar-refractivity contribution in [3.8, 4) is 33.9 Å². The van der Waals surface area contributed by atoms with Gasteiger partial charge in [-0.1, -0.05) is 120 Å². The zero-order valence-corrected chi connectivity index (χ0v) is 31.4. The van der Waals surface area contributed by atoms with Crippen molar-refractivity contribution in [2.75, 3.05) is 0 Å². The second kappa shape index (κ2) is 12.4. The second-order valence-electron chi connectivity index (χ2n) is 14.8. The summed E-state index contributed by atoms with van der Waals surface area (Å²) in [5.74, 6) is 0.277. The molecule has 0 spiro atoms. The standard InChI is InChI=1S/C44H39N4O.Pt/c1-43(2,3)30-26-35(44(4,5)6)41(49)40(27-30)47-28-46(38-22-11-12-23-39(38)47)36-20-9-7-17-32(36)29-15-13-16-31(25-29)48-37-21-10-8-18-33(37)34-19-14-24-45-42(34)48;/h7-24,26-27,49H,1-6H3;/q-1;+2. The first-order valence-corrected chi connectivity index (χ1v) is 16.8. The van der Waals surface area contributed by atoms with Crippen molar-refractivity contribution >= 4 is 33.0 Å². The van der Waals surface area contributed by atoms with Crippen molar-refractivity contribution < 1.29 is 30.7 Å². The van der Waals surface area contributed by atoms with E-state index < -0.39 is 0 Å². The maximum absolute atomic E-state index is 11.8. The van der Waals surface area contributed by atoms with Crippen LogP contribution in [0.5, 0.6) is 5.75 Å². The Morgan fingerprint density at radius 1 is 0.700 bits per heavy atom. The summed E-state index contributed by atoms with van der Waals surface area (Å²) in [4.78, 5) is 4.79. The number of rotatable bonds is 4. The van der Waals surface area contributed by atoms with Gasteiger partial charge in [-0.05, 0) is 51.9 Å². The van der Waals surface area contributed by atoms with Gasteiger partial charge in [-0.25, -0.2) is 4.98 Å². The van der Waals surface area contributed by atoms with E-state index in [0.29, 0.717) is 0 Å². The van der Waals surface area contributed by atoms with Crippen LogP contribution in [-0.2, 0) is 31.9 Å². The van der Waals surface area contributed by atoms with Crippen LogP contribution in [0.3, 0.4) is 0 Å². The molecule has 5 aromatic carbocycles. The van der Waals surface area contributed by atoms with E-state index >= 15 is 0 Å². The molecule has 0 fully saturated rings. The molecule has 0 aliphatic carbocycles. The van der Waals surface area contributed by atoms with Crippen molar-refractivity contribution in [3.05, 3.63) is 145 Å². The van der Waals surface area contributed by atoms with Crippen LogP contribution < -0.4 is 4.57 Å². The van der Waals surface area contributed by atoms with Crippen LogP contribution in [-0.4, -0.2) is 19.2 Å². The van der Waals surface area contributed by atoms with Gasteiger partial charge in [0, 0.05) is 22.7 Å². The van der Waals surface area contributed by atoms with Gasteiger partial charge in [0.05, 0.1) is 16.6 Å². The molecular weight excluding hydrogens is 796 g/mol. The van der Waals surface area contributed by atoms with E-state index in [4.69, 9.17) is 4.98 Å². The summed E-state index contributed by atoms with van der Waals surface area (Å²) in [6, 6.07) is 43.5. The molecule has 3 aromatic heterocycles. The summed E-state index contributed by atoms with van der Waals surface area (Å²) in [5, 5.41) is 14.1. The van der Waals surface area contributed by atoms with Crippen LogP contribution in [0.4, 0.5) is 0 Å². The minimum atomic E-state index is -0.252. The van der Waals surface area contributed by atoms with E-state index in [-0.39, 0.29) is 37.6 Å². The number of aromatic hydroxyl groups is 1. The first kappa shape index (κ1) is 33.5. The molecule has 8 rings (SSSR count). The summed E-state index contributed by atoms with van der Waals surface area (Å²) in [7, 11) is 0. The third kappa shape index (κ3) is 5.54. The molecule has 0 atom stereocenters. The topological polar surface area (TPSA) is 46.9 Å². The number of phenols is 1. The first-order chi connectivity index (χ1) is 23.5. The van der Waals surface area contributed by atoms with Crippen LogP contribution >= 0.6 is 0 Å². The van der Waals surface area contributed by atoms with E-state index in [1.54, 1.807) is 0 Å². The van der Waals surface area contributed by atoms with E-state index in [0.717, 1.165) is 72.3 Å². The number of imidazole rings is 1. The predicted octanol–water partition coefficient (Wildman–Crippen LogP) is 9.96. The SMILES string of the molecule is CC(C)(C)c1cc(-n2[c-][n+](-c3ccccc3-c3[c-]c(-n4c5ccccc5c5cccnc54)ccc3)c3ccccc32)c(O)c(C(C)(C)C)c1.[Pt+2]. The molecule has 0 aliphatic rings. The molecule has 0 radical (unpaired) electrons. The third-order valence-electron chi connectivity index (χ3n) is 9.46. The number of para-hydroxylation sites is 4. The van der Waals surface area contributed by atoms with Crippen molar-refractivity contribution in [3.63, 3.8) is 0 Å². The maximum Gasteiger partial charge on any atom is 2.00 e. The van der Waals surface area contributed by atoms with Crippen molar-refractivity contribution in [2.45, 2.75) is 52.4 Å². The summed E-state index contributed by atoms with van der Waals surface area (Å²) in [6.45, 7) is 13.1. The molecule has 0 saturated heterocycles. The summed E-state index contributed by atoms with van der Waals surface area (Å²) < 4.78 is 6.31. The first-order valence-electron chi connectivity index (χ1n) is 16.8. The largest absolute Gasteiger partial charge is 2.00 e. The number of hydrogen-bond donors (Lipinski definition) is 1. The van der Waals surface area contributed by atoms with E-state index in [1.807, 2.05) is 29.0 Å². The monoisotopic (exact) mass is 834 g/mol. The molecule has 6 heteroatoms. The Kier molecular flexibility index (Phi) is 8.31. The van der Waals surface area contributed by atoms with Crippen molar-refractivity contribution in [2.24, 2.45) is 0 Å². The summed E-state index contributed by atoms with van der Waals surface area (Å²) in [6.07, 6.45) is 5.51. The van der Waals surface area contributed by atoms with Gasteiger partial charge < -0.3 is 9.67 Å². The fourth-order valence-electron chi connectivity index (χ4n) is 6.89. The smallest absolute Gasteiger partial charge is 0.511 e. The van der Waals surface area contributed by atoms with Gasteiger partial charge in [0.2, 0.25) is 0 Å². The van der Waals surface area contributed by atoms with Gasteiger partial charge >= 0.3 is 21.1 Å². The van der Waals surface area contributed by atoms with E-state index in [2.05, 4.69) is 160 Å².